The lowest BCUT2D eigenvalue weighted by atomic mass is 10.2. The number of hydrogen-bond acceptors (Lipinski definition) is 10. The molecular weight excluding hydrogens is 568 g/mol. The van der Waals surface area contributed by atoms with Crippen molar-refractivity contribution in [1.82, 2.24) is 19.4 Å². The fraction of sp³-hybridized carbons (Fsp3) is 0.484. The first-order valence-electron chi connectivity index (χ1n) is 14.6. The zero-order valence-electron chi connectivity index (χ0n) is 26.5. The van der Waals surface area contributed by atoms with Crippen LogP contribution in [0.4, 0.5) is 10.9 Å². The lowest BCUT2D eigenvalue weighted by molar-refractivity contribution is 0.0531. The van der Waals surface area contributed by atoms with Crippen molar-refractivity contribution in [3.05, 3.63) is 64.0 Å². The minimum absolute atomic E-state index is 0.304. The van der Waals surface area contributed by atoms with Crippen LogP contribution in [0.1, 0.15) is 62.1 Å². The molecule has 0 unspecified atom stereocenters. The van der Waals surface area contributed by atoms with Crippen LogP contribution in [0.5, 0.6) is 0 Å². The first-order chi connectivity index (χ1) is 20.9. The van der Waals surface area contributed by atoms with Gasteiger partial charge in [0.15, 0.2) is 5.76 Å². The second-order valence-electron chi connectivity index (χ2n) is 9.32. The van der Waals surface area contributed by atoms with Crippen LogP contribution in [0.25, 0.3) is 5.70 Å². The van der Waals surface area contributed by atoms with Gasteiger partial charge in [-0.05, 0) is 39.3 Å². The van der Waals surface area contributed by atoms with E-state index in [2.05, 4.69) is 43.0 Å². The van der Waals surface area contributed by atoms with Crippen LogP contribution in [0.15, 0.2) is 52.7 Å². The summed E-state index contributed by atoms with van der Waals surface area (Å²) in [4.78, 5) is 29.0. The van der Waals surface area contributed by atoms with Crippen LogP contribution in [0, 0.1) is 6.92 Å². The average molecular weight is 613 g/mol. The Morgan fingerprint density at radius 2 is 1.98 bits per heavy atom. The highest BCUT2D eigenvalue weighted by molar-refractivity contribution is 7.17. The number of aryl methyl sites for hydroxylation is 1. The highest BCUT2D eigenvalue weighted by Crippen LogP contribution is 2.30. The maximum atomic E-state index is 12.3. The van der Waals surface area contributed by atoms with Gasteiger partial charge in [0.05, 0.1) is 58.3 Å². The van der Waals surface area contributed by atoms with E-state index in [4.69, 9.17) is 23.9 Å². The molecule has 0 bridgehead atoms. The number of aliphatic imine (C=N–C) groups is 1. The van der Waals surface area contributed by atoms with Crippen molar-refractivity contribution >= 4 is 39.8 Å². The zero-order chi connectivity index (χ0) is 31.4. The number of amidine groups is 1. The Morgan fingerprint density at radius 1 is 1.23 bits per heavy atom. The number of ether oxygens (including phenoxy) is 4. The molecular formula is C31H44N6O5S. The van der Waals surface area contributed by atoms with E-state index in [1.165, 1.54) is 11.3 Å². The summed E-state index contributed by atoms with van der Waals surface area (Å²) in [7, 11) is 3.29. The van der Waals surface area contributed by atoms with E-state index < -0.39 is 0 Å². The van der Waals surface area contributed by atoms with Gasteiger partial charge in [-0.2, -0.15) is 0 Å². The molecule has 2 aromatic rings. The molecule has 0 aromatic carbocycles. The first kappa shape index (κ1) is 33.6. The van der Waals surface area contributed by atoms with Gasteiger partial charge < -0.3 is 33.7 Å². The third kappa shape index (κ3) is 8.57. The van der Waals surface area contributed by atoms with Crippen molar-refractivity contribution in [2.45, 2.75) is 54.5 Å². The predicted octanol–water partition coefficient (Wildman–Crippen LogP) is 6.10. The summed E-state index contributed by atoms with van der Waals surface area (Å²) < 4.78 is 23.9. The molecule has 1 N–H and O–H groups in total. The highest BCUT2D eigenvalue weighted by Gasteiger charge is 2.23. The van der Waals surface area contributed by atoms with Crippen LogP contribution in [0.2, 0.25) is 0 Å². The number of carbonyl (C=O) groups excluding carboxylic acids is 1. The summed E-state index contributed by atoms with van der Waals surface area (Å²) in [6, 6.07) is 0. The summed E-state index contributed by atoms with van der Waals surface area (Å²) in [5, 5.41) is 3.95. The van der Waals surface area contributed by atoms with Gasteiger partial charge in [-0.25, -0.2) is 19.8 Å². The van der Waals surface area contributed by atoms with Gasteiger partial charge in [-0.1, -0.05) is 43.4 Å². The van der Waals surface area contributed by atoms with E-state index in [-0.39, 0.29) is 5.97 Å². The molecule has 1 aliphatic heterocycles. The van der Waals surface area contributed by atoms with E-state index in [0.717, 1.165) is 41.6 Å². The van der Waals surface area contributed by atoms with Gasteiger partial charge >= 0.3 is 5.97 Å². The Hall–Kier alpha value is -3.90. The molecule has 0 saturated carbocycles. The zero-order valence-corrected chi connectivity index (χ0v) is 27.3. The van der Waals surface area contributed by atoms with Crippen LogP contribution < -0.4 is 5.32 Å². The third-order valence-electron chi connectivity index (χ3n) is 6.56. The largest absolute Gasteiger partial charge is 0.497 e. The molecule has 234 valence electrons. The van der Waals surface area contributed by atoms with Crippen molar-refractivity contribution in [3.63, 3.8) is 0 Å². The van der Waals surface area contributed by atoms with Crippen molar-refractivity contribution < 1.29 is 23.7 Å². The highest BCUT2D eigenvalue weighted by atomic mass is 32.1. The fourth-order valence-electron chi connectivity index (χ4n) is 4.62. The molecule has 0 radical (unpaired) electrons. The minimum atomic E-state index is -0.385. The Balaban J connectivity index is 0.00000248. The molecule has 2 aliphatic rings. The second kappa shape index (κ2) is 16.7. The number of hydrogen-bond donors (Lipinski definition) is 1. The topological polar surface area (TPSA) is 112 Å². The lowest BCUT2D eigenvalue weighted by Crippen LogP contribution is -2.35. The number of imidazole rings is 1. The van der Waals surface area contributed by atoms with Crippen molar-refractivity contribution in [2.75, 3.05) is 52.4 Å². The molecule has 12 heteroatoms. The number of methoxy groups -OCH3 is 2. The number of nitrogens with one attached hydrogen (secondary N) is 1. The number of thiazole rings is 1. The Labute approximate surface area is 258 Å². The normalized spacial score (nSPS) is 15.8. The number of carbonyl (C=O) groups is 1. The molecule has 0 spiro atoms. The summed E-state index contributed by atoms with van der Waals surface area (Å²) in [5.41, 5.74) is 3.45. The number of anilines is 1. The van der Waals surface area contributed by atoms with Gasteiger partial charge in [0, 0.05) is 19.5 Å². The molecule has 0 atom stereocenters. The number of esters is 1. The van der Waals surface area contributed by atoms with E-state index in [9.17, 15) is 4.79 Å². The van der Waals surface area contributed by atoms with Crippen molar-refractivity contribution in [3.8, 4) is 0 Å². The minimum Gasteiger partial charge on any atom is -0.497 e. The van der Waals surface area contributed by atoms with E-state index in [0.29, 0.717) is 60.1 Å². The molecule has 2 aromatic heterocycles. The van der Waals surface area contributed by atoms with Crippen LogP contribution >= 0.6 is 11.3 Å². The number of nitrogens with zero attached hydrogens (tertiary/aromatic N) is 5. The van der Waals surface area contributed by atoms with Crippen LogP contribution in [0.3, 0.4) is 0 Å². The average Bonchev–Trinajstić information content (AvgIpc) is 3.50. The van der Waals surface area contributed by atoms with Crippen LogP contribution in [-0.4, -0.2) is 78.4 Å². The number of aromatic nitrogens is 3. The maximum absolute atomic E-state index is 12.3. The second-order valence-corrected chi connectivity index (χ2v) is 10.3. The monoisotopic (exact) mass is 612 g/mol. The molecule has 1 aliphatic carbocycles. The van der Waals surface area contributed by atoms with Gasteiger partial charge in [0.2, 0.25) is 5.13 Å². The van der Waals surface area contributed by atoms with Gasteiger partial charge in [-0.15, -0.1) is 0 Å². The molecule has 1 fully saturated rings. The van der Waals surface area contributed by atoms with E-state index in [1.54, 1.807) is 28.1 Å². The summed E-state index contributed by atoms with van der Waals surface area (Å²) >= 11 is 1.21. The number of allylic oxidation sites excluding steroid dienone is 5. The van der Waals surface area contributed by atoms with E-state index >= 15 is 0 Å². The third-order valence-corrected chi connectivity index (χ3v) is 7.59. The summed E-state index contributed by atoms with van der Waals surface area (Å²) in [6.07, 6.45) is 10.7. The Kier molecular flexibility index (Phi) is 13.0. The quantitative estimate of drug-likeness (QED) is 0.193. The molecule has 4 rings (SSSR count). The summed E-state index contributed by atoms with van der Waals surface area (Å²) in [5.74, 6) is 2.48. The van der Waals surface area contributed by atoms with Gasteiger partial charge in [0.25, 0.3) is 0 Å². The van der Waals surface area contributed by atoms with Crippen LogP contribution in [-0.2, 0) is 25.5 Å². The smallest absolute Gasteiger partial charge is 0.350 e. The van der Waals surface area contributed by atoms with Gasteiger partial charge in [0.1, 0.15) is 28.0 Å². The van der Waals surface area contributed by atoms with Gasteiger partial charge in [-0.3, -0.25) is 0 Å². The van der Waals surface area contributed by atoms with E-state index in [1.807, 2.05) is 40.1 Å². The predicted molar refractivity (Wildman–Crippen MR) is 172 cm³/mol. The lowest BCUT2D eigenvalue weighted by Gasteiger charge is -2.30. The fourth-order valence-corrected chi connectivity index (χ4v) is 5.50. The Bertz CT molecular complexity index is 1400. The molecule has 43 heavy (non-hydrogen) atoms. The Morgan fingerprint density at radius 3 is 2.63 bits per heavy atom. The number of rotatable bonds is 10. The summed E-state index contributed by atoms with van der Waals surface area (Å²) in [6.45, 7) is 15.2. The molecule has 11 nitrogen and oxygen atoms in total. The number of morpholine rings is 1. The maximum Gasteiger partial charge on any atom is 0.350 e. The first-order valence-corrected chi connectivity index (χ1v) is 15.4. The standard InChI is InChI=1S/C29H38N6O5S.C2H6/c1-7-22(34-12-14-39-15-13-34)25-27(32-20(4)33-29-31-19(3)26(41-29)28(36)40-8-2)35(18-30-25)17-21-10-9-11-23(37-5)24(16-21)38-6;1-2/h7,9-10,16,18H,8,11-15,17H2,1-6H3,(H,31,32,33);1-2H3/b22-7+;. The van der Waals surface area contributed by atoms with Crippen molar-refractivity contribution in [2.24, 2.45) is 4.99 Å². The van der Waals surface area contributed by atoms with Crippen molar-refractivity contribution in [1.29, 1.82) is 0 Å². The molecule has 3 heterocycles. The SMILES string of the molecule is C/C=C(\c1ncn(CC2=CC(OC)=C(OC)CC=C2)c1N/C(C)=N\c1nc(C)c(C(=O)OCC)s1)N1CCOCC1.CC. The molecule has 1 saturated heterocycles. The molecule has 0 amide bonds.